The Kier molecular flexibility index (Phi) is 3.84. The first-order chi connectivity index (χ1) is 10.2. The van der Waals surface area contributed by atoms with E-state index in [1.54, 1.807) is 7.11 Å². The van der Waals surface area contributed by atoms with Gasteiger partial charge in [0.2, 0.25) is 0 Å². The minimum atomic E-state index is 0.0100. The predicted molar refractivity (Wildman–Crippen MR) is 83.8 cm³/mol. The summed E-state index contributed by atoms with van der Waals surface area (Å²) in [6, 6.07) is 16.3. The number of ether oxygens (including phenoxy) is 2. The van der Waals surface area contributed by atoms with Crippen LogP contribution < -0.4 is 15.2 Å². The molecule has 2 aromatic rings. The monoisotopic (exact) mass is 283 g/mol. The number of rotatable bonds is 3. The Balaban J connectivity index is 1.87. The molecule has 21 heavy (non-hydrogen) atoms. The Morgan fingerprint density at radius 3 is 2.67 bits per heavy atom. The Hall–Kier alpha value is -2.00. The maximum Gasteiger partial charge on any atom is 0.128 e. The van der Waals surface area contributed by atoms with Crippen molar-refractivity contribution in [2.45, 2.75) is 31.4 Å². The third-order valence-electron chi connectivity index (χ3n) is 4.27. The molecule has 3 atom stereocenters. The minimum absolute atomic E-state index is 0.0100. The maximum atomic E-state index is 6.32. The van der Waals surface area contributed by atoms with Crippen molar-refractivity contribution in [2.24, 2.45) is 5.73 Å². The summed E-state index contributed by atoms with van der Waals surface area (Å²) in [6.07, 6.45) is 0.914. The number of methoxy groups -OCH3 is 1. The second-order valence-corrected chi connectivity index (χ2v) is 5.60. The Morgan fingerprint density at radius 2 is 1.95 bits per heavy atom. The largest absolute Gasteiger partial charge is 0.497 e. The van der Waals surface area contributed by atoms with Crippen molar-refractivity contribution < 1.29 is 9.47 Å². The number of nitrogens with two attached hydrogens (primary N) is 1. The summed E-state index contributed by atoms with van der Waals surface area (Å²) in [6.45, 7) is 2.19. The molecule has 1 aliphatic rings. The fourth-order valence-corrected chi connectivity index (χ4v) is 2.92. The molecule has 0 aliphatic carbocycles. The van der Waals surface area contributed by atoms with Crippen molar-refractivity contribution in [2.75, 3.05) is 7.11 Å². The molecular formula is C18H21NO2. The highest BCUT2D eigenvalue weighted by molar-refractivity contribution is 5.44. The zero-order valence-corrected chi connectivity index (χ0v) is 12.5. The second-order valence-electron chi connectivity index (χ2n) is 5.60. The van der Waals surface area contributed by atoms with E-state index in [-0.39, 0.29) is 12.1 Å². The number of benzene rings is 2. The Bertz CT molecular complexity index is 612. The SMILES string of the molecule is COc1ccc2c(c1)OC(C(C)c1ccccc1)CC2N. The van der Waals surface area contributed by atoms with Gasteiger partial charge in [0.25, 0.3) is 0 Å². The molecule has 0 saturated carbocycles. The van der Waals surface area contributed by atoms with Gasteiger partial charge in [-0.25, -0.2) is 0 Å². The van der Waals surface area contributed by atoms with Crippen LogP contribution in [0.4, 0.5) is 0 Å². The van der Waals surface area contributed by atoms with Crippen LogP contribution in [0, 0.1) is 0 Å². The first-order valence-corrected chi connectivity index (χ1v) is 7.34. The molecular weight excluding hydrogens is 262 g/mol. The van der Waals surface area contributed by atoms with Crippen molar-refractivity contribution in [1.82, 2.24) is 0 Å². The molecule has 2 N–H and O–H groups in total. The topological polar surface area (TPSA) is 44.5 Å². The van der Waals surface area contributed by atoms with E-state index < -0.39 is 0 Å². The van der Waals surface area contributed by atoms with Crippen molar-refractivity contribution in [1.29, 1.82) is 0 Å². The van der Waals surface area contributed by atoms with Crippen LogP contribution in [0.3, 0.4) is 0 Å². The van der Waals surface area contributed by atoms with E-state index in [2.05, 4.69) is 31.2 Å². The van der Waals surface area contributed by atoms with E-state index in [9.17, 15) is 0 Å². The van der Waals surface area contributed by atoms with Crippen LogP contribution in [-0.4, -0.2) is 13.2 Å². The molecule has 0 saturated heterocycles. The standard InChI is InChI=1S/C18H21NO2/c1-12(13-6-4-3-5-7-13)17-11-16(19)15-9-8-14(20-2)10-18(15)21-17/h3-10,12,16-17H,11,19H2,1-2H3. The second kappa shape index (κ2) is 5.78. The summed E-state index contributed by atoms with van der Waals surface area (Å²) in [7, 11) is 1.66. The Morgan fingerprint density at radius 1 is 1.19 bits per heavy atom. The maximum absolute atomic E-state index is 6.32. The van der Waals surface area contributed by atoms with Gasteiger partial charge >= 0.3 is 0 Å². The van der Waals surface area contributed by atoms with Gasteiger partial charge in [-0.05, 0) is 11.6 Å². The lowest BCUT2D eigenvalue weighted by Gasteiger charge is -2.34. The highest BCUT2D eigenvalue weighted by Crippen LogP contribution is 2.39. The summed E-state index contributed by atoms with van der Waals surface area (Å²) < 4.78 is 11.5. The van der Waals surface area contributed by atoms with E-state index in [1.165, 1.54) is 5.56 Å². The summed E-state index contributed by atoms with van der Waals surface area (Å²) in [5, 5.41) is 0. The van der Waals surface area contributed by atoms with E-state index in [4.69, 9.17) is 15.2 Å². The van der Waals surface area contributed by atoms with Gasteiger partial charge in [-0.15, -0.1) is 0 Å². The van der Waals surface area contributed by atoms with Gasteiger partial charge in [0.1, 0.15) is 17.6 Å². The molecule has 2 aromatic carbocycles. The van der Waals surface area contributed by atoms with Crippen LogP contribution in [0.5, 0.6) is 11.5 Å². The van der Waals surface area contributed by atoms with Crippen molar-refractivity contribution in [3.63, 3.8) is 0 Å². The normalized spacial score (nSPS) is 22.0. The number of hydrogen-bond donors (Lipinski definition) is 1. The first kappa shape index (κ1) is 14.0. The van der Waals surface area contributed by atoms with Gasteiger partial charge in [0, 0.05) is 30.0 Å². The molecule has 0 radical (unpaired) electrons. The molecule has 0 fully saturated rings. The fraction of sp³-hybridized carbons (Fsp3) is 0.333. The molecule has 1 aliphatic heterocycles. The molecule has 0 aromatic heterocycles. The summed E-state index contributed by atoms with van der Waals surface area (Å²) in [4.78, 5) is 0. The minimum Gasteiger partial charge on any atom is -0.497 e. The average Bonchev–Trinajstić information content (AvgIpc) is 2.54. The van der Waals surface area contributed by atoms with Crippen LogP contribution in [-0.2, 0) is 0 Å². The molecule has 3 nitrogen and oxygen atoms in total. The van der Waals surface area contributed by atoms with Gasteiger partial charge in [0.15, 0.2) is 0 Å². The van der Waals surface area contributed by atoms with E-state index >= 15 is 0 Å². The molecule has 0 amide bonds. The molecule has 3 rings (SSSR count). The first-order valence-electron chi connectivity index (χ1n) is 7.34. The zero-order valence-electron chi connectivity index (χ0n) is 12.5. The van der Waals surface area contributed by atoms with Crippen molar-refractivity contribution >= 4 is 0 Å². The lowest BCUT2D eigenvalue weighted by molar-refractivity contribution is 0.136. The zero-order chi connectivity index (χ0) is 14.8. The van der Waals surface area contributed by atoms with E-state index in [0.717, 1.165) is 23.5 Å². The highest BCUT2D eigenvalue weighted by Gasteiger charge is 2.30. The Labute approximate surface area is 125 Å². The van der Waals surface area contributed by atoms with Crippen LogP contribution in [0.15, 0.2) is 48.5 Å². The number of fused-ring (bicyclic) bond motifs is 1. The van der Waals surface area contributed by atoms with Crippen LogP contribution in [0.1, 0.15) is 36.4 Å². The van der Waals surface area contributed by atoms with Crippen molar-refractivity contribution in [3.05, 3.63) is 59.7 Å². The van der Waals surface area contributed by atoms with Crippen LogP contribution >= 0.6 is 0 Å². The van der Waals surface area contributed by atoms with Gasteiger partial charge in [-0.1, -0.05) is 43.3 Å². The number of hydrogen-bond acceptors (Lipinski definition) is 3. The smallest absolute Gasteiger partial charge is 0.128 e. The quantitative estimate of drug-likeness (QED) is 0.935. The van der Waals surface area contributed by atoms with E-state index in [0.29, 0.717) is 5.92 Å². The molecule has 3 heteroatoms. The lowest BCUT2D eigenvalue weighted by atomic mass is 9.87. The van der Waals surface area contributed by atoms with E-state index in [1.807, 2.05) is 24.3 Å². The molecule has 0 spiro atoms. The molecule has 3 unspecified atom stereocenters. The lowest BCUT2D eigenvalue weighted by Crippen LogP contribution is -2.33. The third-order valence-corrected chi connectivity index (χ3v) is 4.27. The predicted octanol–water partition coefficient (Wildman–Crippen LogP) is 3.65. The molecule has 0 bridgehead atoms. The highest BCUT2D eigenvalue weighted by atomic mass is 16.5. The van der Waals surface area contributed by atoms with Gasteiger partial charge < -0.3 is 15.2 Å². The van der Waals surface area contributed by atoms with Crippen LogP contribution in [0.2, 0.25) is 0 Å². The molecule has 110 valence electrons. The summed E-state index contributed by atoms with van der Waals surface area (Å²) >= 11 is 0. The summed E-state index contributed by atoms with van der Waals surface area (Å²) in [5.41, 5.74) is 8.66. The fourth-order valence-electron chi connectivity index (χ4n) is 2.92. The average molecular weight is 283 g/mol. The third kappa shape index (κ3) is 2.74. The van der Waals surface area contributed by atoms with Gasteiger partial charge in [-0.3, -0.25) is 0 Å². The molecule has 1 heterocycles. The van der Waals surface area contributed by atoms with Crippen molar-refractivity contribution in [3.8, 4) is 11.5 Å². The van der Waals surface area contributed by atoms with Gasteiger partial charge in [-0.2, -0.15) is 0 Å². The van der Waals surface area contributed by atoms with Gasteiger partial charge in [0.05, 0.1) is 7.11 Å². The summed E-state index contributed by atoms with van der Waals surface area (Å²) in [5.74, 6) is 1.95. The van der Waals surface area contributed by atoms with Crippen LogP contribution in [0.25, 0.3) is 0 Å².